The minimum absolute atomic E-state index is 0.361. The van der Waals surface area contributed by atoms with Crippen LogP contribution in [0.4, 0.5) is 0 Å². The van der Waals surface area contributed by atoms with Crippen LogP contribution in [-0.4, -0.2) is 21.8 Å². The molecule has 3 nitrogen and oxygen atoms in total. The fourth-order valence-electron chi connectivity index (χ4n) is 2.92. The first-order valence-electron chi connectivity index (χ1n) is 5.71. The molecule has 1 rings (SSSR count). The standard InChI is InChI=1S/C12H22O3/c1-9-5-4-6-12(7-9,10(13)14)8-11(2,3)15/h9,15H,4-8H2,1-3H3,(H,13,14). The van der Waals surface area contributed by atoms with E-state index >= 15 is 0 Å². The predicted molar refractivity (Wildman–Crippen MR) is 58.6 cm³/mol. The van der Waals surface area contributed by atoms with Crippen LogP contribution < -0.4 is 0 Å². The number of rotatable bonds is 3. The van der Waals surface area contributed by atoms with Crippen LogP contribution in [0.25, 0.3) is 0 Å². The van der Waals surface area contributed by atoms with Crippen LogP contribution in [0.3, 0.4) is 0 Å². The van der Waals surface area contributed by atoms with Gasteiger partial charge in [0.05, 0.1) is 11.0 Å². The summed E-state index contributed by atoms with van der Waals surface area (Å²) >= 11 is 0. The lowest BCUT2D eigenvalue weighted by molar-refractivity contribution is -0.156. The molecule has 1 fully saturated rings. The summed E-state index contributed by atoms with van der Waals surface area (Å²) < 4.78 is 0. The topological polar surface area (TPSA) is 57.5 Å². The quantitative estimate of drug-likeness (QED) is 0.758. The lowest BCUT2D eigenvalue weighted by Gasteiger charge is -2.39. The Labute approximate surface area is 91.5 Å². The number of carbonyl (C=O) groups is 1. The van der Waals surface area contributed by atoms with Crippen molar-refractivity contribution < 1.29 is 15.0 Å². The van der Waals surface area contributed by atoms with E-state index in [0.717, 1.165) is 12.8 Å². The Hall–Kier alpha value is -0.570. The minimum atomic E-state index is -0.893. The number of aliphatic hydroxyl groups is 1. The summed E-state index contributed by atoms with van der Waals surface area (Å²) in [5, 5.41) is 19.2. The number of carboxylic acids is 1. The second kappa shape index (κ2) is 4.12. The average Bonchev–Trinajstić information content (AvgIpc) is 2.00. The van der Waals surface area contributed by atoms with Gasteiger partial charge in [-0.3, -0.25) is 4.79 Å². The summed E-state index contributed by atoms with van der Waals surface area (Å²) in [6.07, 6.45) is 3.84. The molecule has 0 saturated heterocycles. The maximum absolute atomic E-state index is 11.4. The van der Waals surface area contributed by atoms with Gasteiger partial charge in [-0.1, -0.05) is 19.8 Å². The van der Waals surface area contributed by atoms with Crippen LogP contribution in [0.2, 0.25) is 0 Å². The SMILES string of the molecule is CC1CCCC(CC(C)(C)O)(C(=O)O)C1. The molecule has 0 spiro atoms. The molecule has 2 atom stereocenters. The zero-order chi connectivity index (χ0) is 11.7. The first kappa shape index (κ1) is 12.5. The normalized spacial score (nSPS) is 32.7. The smallest absolute Gasteiger partial charge is 0.309 e. The summed E-state index contributed by atoms with van der Waals surface area (Å²) in [6, 6.07) is 0. The van der Waals surface area contributed by atoms with Gasteiger partial charge in [-0.15, -0.1) is 0 Å². The highest BCUT2D eigenvalue weighted by Crippen LogP contribution is 2.44. The maximum Gasteiger partial charge on any atom is 0.309 e. The molecule has 0 bridgehead atoms. The molecule has 0 aliphatic heterocycles. The van der Waals surface area contributed by atoms with Crippen molar-refractivity contribution in [3.63, 3.8) is 0 Å². The molecule has 1 aliphatic rings. The number of carboxylic acid groups (broad SMARTS) is 1. The second-order valence-corrected chi connectivity index (χ2v) is 5.78. The molecule has 0 heterocycles. The molecular formula is C12H22O3. The largest absolute Gasteiger partial charge is 0.481 e. The second-order valence-electron chi connectivity index (χ2n) is 5.78. The number of hydrogen-bond acceptors (Lipinski definition) is 2. The van der Waals surface area contributed by atoms with Gasteiger partial charge in [0.1, 0.15) is 0 Å². The van der Waals surface area contributed by atoms with Crippen molar-refractivity contribution in [1.82, 2.24) is 0 Å². The van der Waals surface area contributed by atoms with Crippen LogP contribution in [0, 0.1) is 11.3 Å². The number of hydrogen-bond donors (Lipinski definition) is 2. The highest BCUT2D eigenvalue weighted by molar-refractivity contribution is 5.75. The summed E-state index contributed by atoms with van der Waals surface area (Å²) in [4.78, 5) is 11.4. The molecule has 1 saturated carbocycles. The fourth-order valence-corrected chi connectivity index (χ4v) is 2.92. The van der Waals surface area contributed by atoms with Crippen molar-refractivity contribution in [3.8, 4) is 0 Å². The van der Waals surface area contributed by atoms with Gasteiger partial charge in [0.2, 0.25) is 0 Å². The third-order valence-corrected chi connectivity index (χ3v) is 3.32. The third kappa shape index (κ3) is 3.20. The van der Waals surface area contributed by atoms with Gasteiger partial charge >= 0.3 is 5.97 Å². The Bertz CT molecular complexity index is 242. The molecule has 2 N–H and O–H groups in total. The Kier molecular flexibility index (Phi) is 3.44. The van der Waals surface area contributed by atoms with Crippen molar-refractivity contribution >= 4 is 5.97 Å². The van der Waals surface area contributed by atoms with Gasteiger partial charge in [0.25, 0.3) is 0 Å². The molecular weight excluding hydrogens is 192 g/mol. The van der Waals surface area contributed by atoms with E-state index in [4.69, 9.17) is 0 Å². The van der Waals surface area contributed by atoms with Crippen molar-refractivity contribution in [3.05, 3.63) is 0 Å². The van der Waals surface area contributed by atoms with Crippen LogP contribution in [0.15, 0.2) is 0 Å². The fraction of sp³-hybridized carbons (Fsp3) is 0.917. The Morgan fingerprint density at radius 1 is 1.53 bits per heavy atom. The first-order valence-corrected chi connectivity index (χ1v) is 5.71. The highest BCUT2D eigenvalue weighted by atomic mass is 16.4. The molecule has 2 unspecified atom stereocenters. The molecule has 0 aromatic rings. The van der Waals surface area contributed by atoms with Crippen LogP contribution in [0.5, 0.6) is 0 Å². The summed E-state index contributed by atoms with van der Waals surface area (Å²) in [5.74, 6) is -0.284. The lowest BCUT2D eigenvalue weighted by atomic mass is 9.65. The first-order chi connectivity index (χ1) is 6.75. The highest BCUT2D eigenvalue weighted by Gasteiger charge is 2.44. The van der Waals surface area contributed by atoms with Crippen LogP contribution in [0.1, 0.15) is 52.9 Å². The van der Waals surface area contributed by atoms with E-state index in [-0.39, 0.29) is 0 Å². The van der Waals surface area contributed by atoms with Gasteiger partial charge in [-0.05, 0) is 39.0 Å². The molecule has 0 amide bonds. The van der Waals surface area contributed by atoms with Gasteiger partial charge in [-0.25, -0.2) is 0 Å². The summed E-state index contributed by atoms with van der Waals surface area (Å²) in [5.41, 5.74) is -1.59. The predicted octanol–water partition coefficient (Wildman–Crippen LogP) is 2.43. The van der Waals surface area contributed by atoms with Crippen molar-refractivity contribution in [2.24, 2.45) is 11.3 Å². The van der Waals surface area contributed by atoms with E-state index in [9.17, 15) is 15.0 Å². The van der Waals surface area contributed by atoms with Gasteiger partial charge in [0.15, 0.2) is 0 Å². The average molecular weight is 214 g/mol. The summed E-state index contributed by atoms with van der Waals surface area (Å²) in [7, 11) is 0. The summed E-state index contributed by atoms with van der Waals surface area (Å²) in [6.45, 7) is 5.48. The Balaban J connectivity index is 2.83. The van der Waals surface area contributed by atoms with Crippen LogP contribution >= 0.6 is 0 Å². The van der Waals surface area contributed by atoms with E-state index in [1.165, 1.54) is 0 Å². The molecule has 0 radical (unpaired) electrons. The monoisotopic (exact) mass is 214 g/mol. The lowest BCUT2D eigenvalue weighted by Crippen LogP contribution is -2.41. The molecule has 15 heavy (non-hydrogen) atoms. The van der Waals surface area contributed by atoms with E-state index in [0.29, 0.717) is 25.2 Å². The molecule has 88 valence electrons. The van der Waals surface area contributed by atoms with Gasteiger partial charge in [0, 0.05) is 0 Å². The zero-order valence-corrected chi connectivity index (χ0v) is 9.92. The van der Waals surface area contributed by atoms with Gasteiger partial charge < -0.3 is 10.2 Å². The Morgan fingerprint density at radius 2 is 2.13 bits per heavy atom. The van der Waals surface area contributed by atoms with Crippen molar-refractivity contribution in [2.45, 2.75) is 58.5 Å². The third-order valence-electron chi connectivity index (χ3n) is 3.32. The van der Waals surface area contributed by atoms with E-state index in [2.05, 4.69) is 6.92 Å². The maximum atomic E-state index is 11.4. The number of aliphatic carboxylic acids is 1. The molecule has 1 aliphatic carbocycles. The van der Waals surface area contributed by atoms with Crippen LogP contribution in [-0.2, 0) is 4.79 Å². The Morgan fingerprint density at radius 3 is 2.53 bits per heavy atom. The van der Waals surface area contributed by atoms with Crippen molar-refractivity contribution in [2.75, 3.05) is 0 Å². The van der Waals surface area contributed by atoms with E-state index in [1.54, 1.807) is 13.8 Å². The minimum Gasteiger partial charge on any atom is -0.481 e. The zero-order valence-electron chi connectivity index (χ0n) is 9.92. The molecule has 0 aromatic carbocycles. The molecule has 0 aromatic heterocycles. The van der Waals surface area contributed by atoms with Gasteiger partial charge in [-0.2, -0.15) is 0 Å². The van der Waals surface area contributed by atoms with Crippen molar-refractivity contribution in [1.29, 1.82) is 0 Å². The van der Waals surface area contributed by atoms with E-state index < -0.39 is 17.0 Å². The van der Waals surface area contributed by atoms with E-state index in [1.807, 2.05) is 0 Å². The molecule has 3 heteroatoms.